The molecule has 0 amide bonds. The molecule has 0 N–H and O–H groups in total. The Morgan fingerprint density at radius 1 is 0.367 bits per heavy atom. The molecule has 0 aliphatic carbocycles. The van der Waals surface area contributed by atoms with Gasteiger partial charge in [-0.1, -0.05) is 140 Å². The second kappa shape index (κ2) is 11.0. The van der Waals surface area contributed by atoms with Gasteiger partial charge in [-0.25, -0.2) is 9.97 Å². The molecule has 0 fully saturated rings. The van der Waals surface area contributed by atoms with E-state index in [4.69, 9.17) is 9.97 Å². The molecule has 0 bridgehead atoms. The Kier molecular flexibility index (Phi) is 6.18. The van der Waals surface area contributed by atoms with Gasteiger partial charge in [0.25, 0.3) is 0 Å². The lowest BCUT2D eigenvalue weighted by Gasteiger charge is -2.34. The van der Waals surface area contributed by atoms with Crippen LogP contribution in [-0.2, 0) is 0 Å². The average molecular weight is 624 g/mol. The van der Waals surface area contributed by atoms with Crippen LogP contribution in [0.15, 0.2) is 176 Å². The summed E-state index contributed by atoms with van der Waals surface area (Å²) >= 11 is 0. The van der Waals surface area contributed by atoms with Gasteiger partial charge in [0.05, 0.1) is 33.8 Å². The molecule has 0 unspecified atom stereocenters. The van der Waals surface area contributed by atoms with Gasteiger partial charge in [0.2, 0.25) is 0 Å². The highest BCUT2D eigenvalue weighted by molar-refractivity contribution is 6.19. The lowest BCUT2D eigenvalue weighted by Crippen LogP contribution is -2.15. The third-order valence-electron chi connectivity index (χ3n) is 9.78. The van der Waals surface area contributed by atoms with E-state index in [1.54, 1.807) is 0 Å². The zero-order valence-corrected chi connectivity index (χ0v) is 26.6. The molecule has 0 radical (unpaired) electrons. The third-order valence-corrected chi connectivity index (χ3v) is 9.78. The van der Waals surface area contributed by atoms with E-state index in [-0.39, 0.29) is 0 Å². The maximum atomic E-state index is 5.20. The van der Waals surface area contributed by atoms with E-state index in [0.29, 0.717) is 0 Å². The van der Waals surface area contributed by atoms with Gasteiger partial charge in [0, 0.05) is 27.8 Å². The molecule has 8 aromatic carbocycles. The summed E-state index contributed by atoms with van der Waals surface area (Å²) in [4.78, 5) is 12.8. The number of rotatable bonds is 4. The van der Waals surface area contributed by atoms with Gasteiger partial charge in [-0.05, 0) is 69.2 Å². The van der Waals surface area contributed by atoms with Crippen LogP contribution in [0.25, 0.3) is 77.3 Å². The van der Waals surface area contributed by atoms with Crippen molar-refractivity contribution >= 4 is 49.6 Å². The van der Waals surface area contributed by atoms with E-state index in [9.17, 15) is 0 Å². The Bertz CT molecular complexity index is 2690. The summed E-state index contributed by atoms with van der Waals surface area (Å²) in [6.07, 6.45) is 0. The summed E-state index contributed by atoms with van der Waals surface area (Å²) in [5.41, 5.74) is 14.0. The SMILES string of the molecule is c1ccc(-c2ccc(-c3nc4ccccc4nc3-c3ccc(N4c5ccc6ccccc6c5-c5cccc6cccc4c56)cc3)cc2)cc1. The van der Waals surface area contributed by atoms with Crippen LogP contribution < -0.4 is 4.90 Å². The number of para-hydroxylation sites is 2. The lowest BCUT2D eigenvalue weighted by molar-refractivity contribution is 1.28. The Labute approximate surface area is 284 Å². The first-order chi connectivity index (χ1) is 24.3. The Morgan fingerprint density at radius 3 is 1.67 bits per heavy atom. The largest absolute Gasteiger partial charge is 0.309 e. The minimum Gasteiger partial charge on any atom is -0.309 e. The topological polar surface area (TPSA) is 29.0 Å². The first kappa shape index (κ1) is 27.5. The van der Waals surface area contributed by atoms with E-state index in [1.165, 1.54) is 55.2 Å². The first-order valence-corrected chi connectivity index (χ1v) is 16.7. The van der Waals surface area contributed by atoms with E-state index in [0.717, 1.165) is 39.2 Å². The zero-order chi connectivity index (χ0) is 32.3. The van der Waals surface area contributed by atoms with Crippen molar-refractivity contribution < 1.29 is 0 Å². The predicted octanol–water partition coefficient (Wildman–Crippen LogP) is 12.4. The highest BCUT2D eigenvalue weighted by Gasteiger charge is 2.27. The number of hydrogen-bond donors (Lipinski definition) is 0. The fourth-order valence-corrected chi connectivity index (χ4v) is 7.48. The van der Waals surface area contributed by atoms with Crippen LogP contribution in [0, 0.1) is 0 Å². The van der Waals surface area contributed by atoms with Gasteiger partial charge in [0.15, 0.2) is 0 Å². The molecule has 0 atom stereocenters. The Hall–Kier alpha value is -6.58. The number of anilines is 3. The molecule has 3 nitrogen and oxygen atoms in total. The van der Waals surface area contributed by atoms with Crippen molar-refractivity contribution in [2.24, 2.45) is 0 Å². The van der Waals surface area contributed by atoms with Gasteiger partial charge < -0.3 is 4.90 Å². The van der Waals surface area contributed by atoms with Crippen molar-refractivity contribution in [1.82, 2.24) is 9.97 Å². The number of benzene rings is 8. The number of nitrogens with zero attached hydrogens (tertiary/aromatic N) is 3. The molecule has 9 aromatic rings. The van der Waals surface area contributed by atoms with Gasteiger partial charge in [-0.15, -0.1) is 0 Å². The summed E-state index contributed by atoms with van der Waals surface area (Å²) in [5, 5.41) is 5.02. The molecule has 10 rings (SSSR count). The number of hydrogen-bond acceptors (Lipinski definition) is 3. The highest BCUT2D eigenvalue weighted by atomic mass is 15.2. The fraction of sp³-hybridized carbons (Fsp3) is 0. The maximum Gasteiger partial charge on any atom is 0.0973 e. The molecule has 1 aliphatic heterocycles. The quantitative estimate of drug-likeness (QED) is 0.195. The van der Waals surface area contributed by atoms with Crippen LogP contribution in [0.2, 0.25) is 0 Å². The van der Waals surface area contributed by atoms with Crippen LogP contribution in [0.4, 0.5) is 17.1 Å². The molecule has 1 aliphatic rings. The van der Waals surface area contributed by atoms with Crippen molar-refractivity contribution in [3.05, 3.63) is 176 Å². The van der Waals surface area contributed by atoms with Gasteiger partial charge >= 0.3 is 0 Å². The maximum absolute atomic E-state index is 5.20. The highest BCUT2D eigenvalue weighted by Crippen LogP contribution is 2.53. The van der Waals surface area contributed by atoms with E-state index < -0.39 is 0 Å². The van der Waals surface area contributed by atoms with Gasteiger partial charge in [0.1, 0.15) is 0 Å². The number of fused-ring (bicyclic) bond motifs is 5. The summed E-state index contributed by atoms with van der Waals surface area (Å²) < 4.78 is 0. The number of aromatic nitrogens is 2. The fourth-order valence-electron chi connectivity index (χ4n) is 7.48. The molecule has 0 spiro atoms. The normalized spacial score (nSPS) is 12.0. The standard InChI is InChI=1S/C46H29N3/c1-2-10-30(11-3-1)31-20-22-34(23-21-31)45-46(48-40-18-7-6-17-39(40)47-45)35-24-27-36(28-25-35)49-41-19-9-14-33-13-8-16-38(43(33)41)44-37-15-5-4-12-32(37)26-29-42(44)49/h1-29H. The molecular formula is C46H29N3. The zero-order valence-electron chi connectivity index (χ0n) is 26.6. The Morgan fingerprint density at radius 2 is 0.939 bits per heavy atom. The molecular weight excluding hydrogens is 595 g/mol. The van der Waals surface area contributed by atoms with Crippen molar-refractivity contribution in [2.45, 2.75) is 0 Å². The molecule has 0 saturated carbocycles. The van der Waals surface area contributed by atoms with Crippen molar-refractivity contribution in [1.29, 1.82) is 0 Å². The molecule has 228 valence electrons. The molecule has 49 heavy (non-hydrogen) atoms. The van der Waals surface area contributed by atoms with Crippen LogP contribution in [0.1, 0.15) is 0 Å². The molecule has 2 heterocycles. The summed E-state index contributed by atoms with van der Waals surface area (Å²) in [7, 11) is 0. The molecule has 0 saturated heterocycles. The van der Waals surface area contributed by atoms with Gasteiger partial charge in [-0.3, -0.25) is 0 Å². The van der Waals surface area contributed by atoms with E-state index in [2.05, 4.69) is 150 Å². The second-order valence-corrected chi connectivity index (χ2v) is 12.6. The predicted molar refractivity (Wildman–Crippen MR) is 205 cm³/mol. The minimum atomic E-state index is 0.871. The van der Waals surface area contributed by atoms with Crippen LogP contribution in [0.3, 0.4) is 0 Å². The van der Waals surface area contributed by atoms with Gasteiger partial charge in [-0.2, -0.15) is 0 Å². The molecule has 3 heteroatoms. The minimum absolute atomic E-state index is 0.871. The summed E-state index contributed by atoms with van der Waals surface area (Å²) in [6, 6.07) is 62.6. The monoisotopic (exact) mass is 623 g/mol. The van der Waals surface area contributed by atoms with E-state index in [1.807, 2.05) is 30.3 Å². The Balaban J connectivity index is 1.12. The van der Waals surface area contributed by atoms with Crippen molar-refractivity contribution in [3.8, 4) is 44.8 Å². The van der Waals surface area contributed by atoms with Crippen molar-refractivity contribution in [3.63, 3.8) is 0 Å². The second-order valence-electron chi connectivity index (χ2n) is 12.6. The summed E-state index contributed by atoms with van der Waals surface area (Å²) in [6.45, 7) is 0. The van der Waals surface area contributed by atoms with Crippen LogP contribution in [-0.4, -0.2) is 9.97 Å². The third kappa shape index (κ3) is 4.44. The van der Waals surface area contributed by atoms with Crippen LogP contribution in [0.5, 0.6) is 0 Å². The average Bonchev–Trinajstić information content (AvgIpc) is 3.18. The smallest absolute Gasteiger partial charge is 0.0973 e. The van der Waals surface area contributed by atoms with E-state index >= 15 is 0 Å². The first-order valence-electron chi connectivity index (χ1n) is 16.7. The molecule has 1 aromatic heterocycles. The van der Waals surface area contributed by atoms with Crippen molar-refractivity contribution in [2.75, 3.05) is 4.90 Å². The lowest BCUT2D eigenvalue weighted by atomic mass is 9.87. The summed E-state index contributed by atoms with van der Waals surface area (Å²) in [5.74, 6) is 0. The van der Waals surface area contributed by atoms with Crippen LogP contribution >= 0.6 is 0 Å².